The van der Waals surface area contributed by atoms with Gasteiger partial charge in [0.05, 0.1) is 24.6 Å². The molecule has 0 atom stereocenters. The second-order valence-electron chi connectivity index (χ2n) is 6.06. The summed E-state index contributed by atoms with van der Waals surface area (Å²) < 4.78 is 47.5. The van der Waals surface area contributed by atoms with Crippen molar-refractivity contribution in [3.63, 3.8) is 0 Å². The van der Waals surface area contributed by atoms with Crippen molar-refractivity contribution in [3.8, 4) is 5.75 Å². The number of carboxylic acid groups (broad SMARTS) is 1. The number of aromatic nitrogens is 1. The maximum atomic E-state index is 14.1. The fourth-order valence-electron chi connectivity index (χ4n) is 2.95. The van der Waals surface area contributed by atoms with Gasteiger partial charge in [-0.1, -0.05) is 12.1 Å². The fourth-order valence-corrected chi connectivity index (χ4v) is 2.95. The predicted octanol–water partition coefficient (Wildman–Crippen LogP) is 3.67. The smallest absolute Gasteiger partial charge is 0.376 e. The Kier molecular flexibility index (Phi) is 5.31. The minimum Gasteiger partial charge on any atom is -0.507 e. The molecule has 0 aliphatic carbocycles. The van der Waals surface area contributed by atoms with Crippen LogP contribution >= 0.6 is 0 Å². The largest absolute Gasteiger partial charge is 0.507 e. The molecule has 0 aliphatic rings. The van der Waals surface area contributed by atoms with Gasteiger partial charge in [0.15, 0.2) is 17.5 Å². The number of halogens is 3. The number of ketones is 1. The van der Waals surface area contributed by atoms with Crippen LogP contribution in [0.3, 0.4) is 0 Å². The number of aliphatic carboxylic acids is 1. The number of rotatable bonds is 6. The highest BCUT2D eigenvalue weighted by Crippen LogP contribution is 2.34. The summed E-state index contributed by atoms with van der Waals surface area (Å²) in [6.45, 7) is -0.229. The first-order valence-corrected chi connectivity index (χ1v) is 8.21. The van der Waals surface area contributed by atoms with Crippen LogP contribution in [-0.4, -0.2) is 33.6 Å². The molecular formula is C20H14F3NO5. The number of benzene rings is 2. The highest BCUT2D eigenvalue weighted by molar-refractivity contribution is 6.38. The maximum absolute atomic E-state index is 14.1. The Balaban J connectivity index is 2.19. The first-order valence-electron chi connectivity index (χ1n) is 8.21. The fraction of sp³-hybridized carbons (Fsp3) is 0.100. The van der Waals surface area contributed by atoms with Gasteiger partial charge in [0.25, 0.3) is 5.78 Å². The van der Waals surface area contributed by atoms with Crippen molar-refractivity contribution in [3.05, 3.63) is 71.2 Å². The van der Waals surface area contributed by atoms with Gasteiger partial charge in [-0.3, -0.25) is 4.79 Å². The molecule has 0 radical (unpaired) electrons. The van der Waals surface area contributed by atoms with E-state index in [-0.39, 0.29) is 17.7 Å². The third-order valence-electron chi connectivity index (χ3n) is 4.30. The lowest BCUT2D eigenvalue weighted by Crippen LogP contribution is -2.09. The van der Waals surface area contributed by atoms with Crippen LogP contribution in [0.4, 0.5) is 13.2 Å². The van der Waals surface area contributed by atoms with Gasteiger partial charge in [-0.2, -0.15) is 0 Å². The van der Waals surface area contributed by atoms with Crippen molar-refractivity contribution >= 4 is 28.4 Å². The molecule has 6 nitrogen and oxygen atoms in total. The summed E-state index contributed by atoms with van der Waals surface area (Å²) in [4.78, 5) is 22.2. The number of carboxylic acids is 1. The Hall–Kier alpha value is -3.75. The van der Waals surface area contributed by atoms with Crippen LogP contribution in [0.1, 0.15) is 11.1 Å². The van der Waals surface area contributed by atoms with E-state index in [1.165, 1.54) is 17.9 Å². The highest BCUT2D eigenvalue weighted by atomic mass is 19.2. The summed E-state index contributed by atoms with van der Waals surface area (Å²) in [5, 5.41) is 19.3. The van der Waals surface area contributed by atoms with Gasteiger partial charge in [0, 0.05) is 23.4 Å². The molecule has 9 heteroatoms. The van der Waals surface area contributed by atoms with Crippen molar-refractivity contribution in [2.45, 2.75) is 6.54 Å². The molecule has 2 aromatic carbocycles. The number of carbonyl (C=O) groups excluding carboxylic acids is 1. The van der Waals surface area contributed by atoms with E-state index < -0.39 is 35.0 Å². The summed E-state index contributed by atoms with van der Waals surface area (Å²) in [6.07, 6.45) is 1.86. The second kappa shape index (κ2) is 7.70. The van der Waals surface area contributed by atoms with Gasteiger partial charge >= 0.3 is 5.97 Å². The molecule has 3 rings (SSSR count). The van der Waals surface area contributed by atoms with E-state index in [9.17, 15) is 27.9 Å². The molecule has 2 N–H and O–H groups in total. The van der Waals surface area contributed by atoms with Crippen LogP contribution in [-0.2, 0) is 16.1 Å². The standard InChI is InChI=1S/C20H14F3NO5/c1-29-16-4-2-3-13-17(16)11(14(25)7-15(26)20(27)28)9-24(13)8-10-5-6-12(21)19(23)18(10)22/h2-7,9,25H,8H2,1H3,(H,27,28). The van der Waals surface area contributed by atoms with Crippen molar-refractivity contribution < 1.29 is 37.7 Å². The zero-order chi connectivity index (χ0) is 21.3. The molecule has 150 valence electrons. The van der Waals surface area contributed by atoms with E-state index in [2.05, 4.69) is 0 Å². The third kappa shape index (κ3) is 3.66. The molecule has 0 fully saturated rings. The van der Waals surface area contributed by atoms with Crippen molar-refractivity contribution in [1.29, 1.82) is 0 Å². The summed E-state index contributed by atoms with van der Waals surface area (Å²) in [5.41, 5.74) is 0.321. The number of hydrogen-bond donors (Lipinski definition) is 2. The van der Waals surface area contributed by atoms with Crippen LogP contribution in [0.15, 0.2) is 42.6 Å². The van der Waals surface area contributed by atoms with Gasteiger partial charge in [-0.25, -0.2) is 18.0 Å². The zero-order valence-electron chi connectivity index (χ0n) is 14.9. The molecule has 0 saturated carbocycles. The number of methoxy groups -OCH3 is 1. The molecule has 0 unspecified atom stereocenters. The van der Waals surface area contributed by atoms with Crippen molar-refractivity contribution in [1.82, 2.24) is 4.57 Å². The minimum absolute atomic E-state index is 0.0510. The van der Waals surface area contributed by atoms with E-state index in [1.54, 1.807) is 18.2 Å². The molecular weight excluding hydrogens is 391 g/mol. The molecule has 3 aromatic rings. The number of aliphatic hydroxyl groups excluding tert-OH is 1. The lowest BCUT2D eigenvalue weighted by Gasteiger charge is -2.08. The molecule has 29 heavy (non-hydrogen) atoms. The number of aliphatic hydroxyl groups is 1. The number of fused-ring (bicyclic) bond motifs is 1. The Labute approximate surface area is 162 Å². The minimum atomic E-state index is -1.75. The molecule has 0 spiro atoms. The maximum Gasteiger partial charge on any atom is 0.376 e. The third-order valence-corrected chi connectivity index (χ3v) is 4.30. The average Bonchev–Trinajstić information content (AvgIpc) is 3.07. The summed E-state index contributed by atoms with van der Waals surface area (Å²) in [6, 6.07) is 6.67. The van der Waals surface area contributed by atoms with Crippen LogP contribution in [0.5, 0.6) is 5.75 Å². The lowest BCUT2D eigenvalue weighted by molar-refractivity contribution is -0.146. The molecule has 0 bridgehead atoms. The van der Waals surface area contributed by atoms with Crippen molar-refractivity contribution in [2.24, 2.45) is 0 Å². The molecule has 0 aliphatic heterocycles. The van der Waals surface area contributed by atoms with E-state index in [0.717, 1.165) is 12.1 Å². The van der Waals surface area contributed by atoms with Gasteiger partial charge in [0.2, 0.25) is 0 Å². The van der Waals surface area contributed by atoms with Crippen LogP contribution in [0, 0.1) is 17.5 Å². The van der Waals surface area contributed by atoms with E-state index in [4.69, 9.17) is 9.84 Å². The predicted molar refractivity (Wildman–Crippen MR) is 97.2 cm³/mol. The van der Waals surface area contributed by atoms with Crippen LogP contribution < -0.4 is 4.74 Å². The van der Waals surface area contributed by atoms with Crippen molar-refractivity contribution in [2.75, 3.05) is 7.11 Å². The number of hydrogen-bond acceptors (Lipinski definition) is 4. The molecule has 1 heterocycles. The van der Waals surface area contributed by atoms with E-state index in [1.807, 2.05) is 0 Å². The van der Waals surface area contributed by atoms with Gasteiger partial charge in [-0.15, -0.1) is 0 Å². The summed E-state index contributed by atoms with van der Waals surface area (Å²) >= 11 is 0. The van der Waals surface area contributed by atoms with Crippen LogP contribution in [0.2, 0.25) is 0 Å². The Morgan fingerprint density at radius 2 is 1.83 bits per heavy atom. The van der Waals surface area contributed by atoms with Gasteiger partial charge in [-0.05, 0) is 18.2 Å². The molecule has 0 amide bonds. The summed E-state index contributed by atoms with van der Waals surface area (Å²) in [7, 11) is 1.37. The summed E-state index contributed by atoms with van der Waals surface area (Å²) in [5.74, 6) is -7.72. The van der Waals surface area contributed by atoms with Crippen LogP contribution in [0.25, 0.3) is 16.7 Å². The Bertz CT molecular complexity index is 1170. The van der Waals surface area contributed by atoms with Gasteiger partial charge in [0.1, 0.15) is 11.5 Å². The number of carbonyl (C=O) groups is 2. The first-order chi connectivity index (χ1) is 13.7. The monoisotopic (exact) mass is 405 g/mol. The SMILES string of the molecule is COc1cccc2c1c(C(O)=CC(=O)C(=O)O)cn2Cc1ccc(F)c(F)c1F. The van der Waals surface area contributed by atoms with E-state index >= 15 is 0 Å². The topological polar surface area (TPSA) is 88.8 Å². The lowest BCUT2D eigenvalue weighted by atomic mass is 10.1. The second-order valence-corrected chi connectivity index (χ2v) is 6.06. The Morgan fingerprint density at radius 3 is 2.48 bits per heavy atom. The zero-order valence-corrected chi connectivity index (χ0v) is 14.9. The number of nitrogens with zero attached hydrogens (tertiary/aromatic N) is 1. The molecule has 1 aromatic heterocycles. The average molecular weight is 405 g/mol. The van der Waals surface area contributed by atoms with Gasteiger partial charge < -0.3 is 19.5 Å². The Morgan fingerprint density at radius 1 is 1.10 bits per heavy atom. The number of ether oxygens (including phenoxy) is 1. The molecule has 0 saturated heterocycles. The quantitative estimate of drug-likeness (QED) is 0.283. The first kappa shape index (κ1) is 20.0. The highest BCUT2D eigenvalue weighted by Gasteiger charge is 2.20. The normalized spacial score (nSPS) is 11.7. The van der Waals surface area contributed by atoms with E-state index in [0.29, 0.717) is 22.7 Å².